The van der Waals surface area contributed by atoms with Gasteiger partial charge in [-0.1, -0.05) is 13.8 Å². The van der Waals surface area contributed by atoms with Crippen molar-refractivity contribution in [3.05, 3.63) is 29.6 Å². The number of amides is 1. The Labute approximate surface area is 115 Å². The molecule has 106 valence electrons. The standard InChI is InChI=1S/C14H24N4O/c1-14(2,10-18(3)4)9-17-13(19)11-5-6-16-12(7-11)8-15/h5-7H,8-10,15H2,1-4H3,(H,17,19). The number of carbonyl (C=O) groups is 1. The third-order valence-electron chi connectivity index (χ3n) is 2.76. The molecule has 5 nitrogen and oxygen atoms in total. The van der Waals surface area contributed by atoms with Gasteiger partial charge in [0, 0.05) is 31.4 Å². The van der Waals surface area contributed by atoms with Crippen LogP contribution in [0.4, 0.5) is 0 Å². The van der Waals surface area contributed by atoms with Crippen LogP contribution in [0.25, 0.3) is 0 Å². The van der Waals surface area contributed by atoms with E-state index < -0.39 is 0 Å². The van der Waals surface area contributed by atoms with Gasteiger partial charge in [0.25, 0.3) is 5.91 Å². The van der Waals surface area contributed by atoms with Gasteiger partial charge in [-0.2, -0.15) is 0 Å². The van der Waals surface area contributed by atoms with Crippen molar-refractivity contribution in [2.24, 2.45) is 11.1 Å². The largest absolute Gasteiger partial charge is 0.351 e. The summed E-state index contributed by atoms with van der Waals surface area (Å²) in [5.74, 6) is -0.0797. The van der Waals surface area contributed by atoms with Gasteiger partial charge in [-0.05, 0) is 31.6 Å². The molecule has 1 rings (SSSR count). The van der Waals surface area contributed by atoms with Gasteiger partial charge in [-0.3, -0.25) is 9.78 Å². The molecule has 0 spiro atoms. The minimum atomic E-state index is -0.0797. The van der Waals surface area contributed by atoms with Crippen LogP contribution in [0.15, 0.2) is 18.3 Å². The van der Waals surface area contributed by atoms with Crippen molar-refractivity contribution in [3.63, 3.8) is 0 Å². The van der Waals surface area contributed by atoms with Crippen molar-refractivity contribution in [3.8, 4) is 0 Å². The van der Waals surface area contributed by atoms with Crippen molar-refractivity contribution in [1.29, 1.82) is 0 Å². The molecule has 3 N–H and O–H groups in total. The van der Waals surface area contributed by atoms with E-state index in [2.05, 4.69) is 29.0 Å². The van der Waals surface area contributed by atoms with Crippen LogP contribution >= 0.6 is 0 Å². The second kappa shape index (κ2) is 6.63. The molecular formula is C14H24N4O. The normalized spacial score (nSPS) is 11.7. The highest BCUT2D eigenvalue weighted by molar-refractivity contribution is 5.94. The molecule has 0 aliphatic heterocycles. The summed E-state index contributed by atoms with van der Waals surface area (Å²) in [5.41, 5.74) is 6.88. The van der Waals surface area contributed by atoms with Gasteiger partial charge in [0.1, 0.15) is 0 Å². The summed E-state index contributed by atoms with van der Waals surface area (Å²) in [5, 5.41) is 2.96. The SMILES string of the molecule is CN(C)CC(C)(C)CNC(=O)c1ccnc(CN)c1. The Morgan fingerprint density at radius 1 is 1.47 bits per heavy atom. The van der Waals surface area contributed by atoms with Gasteiger partial charge in [0.05, 0.1) is 5.69 Å². The minimum absolute atomic E-state index is 0.0306. The summed E-state index contributed by atoms with van der Waals surface area (Å²) in [6.45, 7) is 6.14. The summed E-state index contributed by atoms with van der Waals surface area (Å²) in [6, 6.07) is 3.43. The van der Waals surface area contributed by atoms with Crippen molar-refractivity contribution >= 4 is 5.91 Å². The lowest BCUT2D eigenvalue weighted by Gasteiger charge is -2.28. The van der Waals surface area contributed by atoms with Crippen LogP contribution in [-0.2, 0) is 6.54 Å². The molecule has 0 fully saturated rings. The topological polar surface area (TPSA) is 71.2 Å². The quantitative estimate of drug-likeness (QED) is 0.799. The first-order chi connectivity index (χ1) is 8.84. The van der Waals surface area contributed by atoms with Gasteiger partial charge in [0.15, 0.2) is 0 Å². The lowest BCUT2D eigenvalue weighted by atomic mass is 9.93. The summed E-state index contributed by atoms with van der Waals surface area (Å²) in [4.78, 5) is 18.2. The highest BCUT2D eigenvalue weighted by Crippen LogP contribution is 2.14. The smallest absolute Gasteiger partial charge is 0.251 e. The van der Waals surface area contributed by atoms with Crippen molar-refractivity contribution in [1.82, 2.24) is 15.2 Å². The van der Waals surface area contributed by atoms with Crippen molar-refractivity contribution in [2.45, 2.75) is 20.4 Å². The van der Waals surface area contributed by atoms with E-state index in [0.29, 0.717) is 18.7 Å². The summed E-state index contributed by atoms with van der Waals surface area (Å²) in [6.07, 6.45) is 1.61. The molecular weight excluding hydrogens is 240 g/mol. The first-order valence-corrected chi connectivity index (χ1v) is 6.42. The lowest BCUT2D eigenvalue weighted by molar-refractivity contribution is 0.0929. The van der Waals surface area contributed by atoms with E-state index in [0.717, 1.165) is 12.2 Å². The number of nitrogens with one attached hydrogen (secondary N) is 1. The molecule has 0 aromatic carbocycles. The Bertz CT molecular complexity index is 429. The fourth-order valence-corrected chi connectivity index (χ4v) is 2.06. The second-order valence-corrected chi connectivity index (χ2v) is 5.82. The Hall–Kier alpha value is -1.46. The highest BCUT2D eigenvalue weighted by Gasteiger charge is 2.20. The van der Waals surface area contributed by atoms with E-state index in [1.165, 1.54) is 0 Å². The Balaban J connectivity index is 2.60. The molecule has 0 saturated heterocycles. The van der Waals surface area contributed by atoms with Gasteiger partial charge in [0.2, 0.25) is 0 Å². The second-order valence-electron chi connectivity index (χ2n) is 5.82. The van der Waals surface area contributed by atoms with Gasteiger partial charge >= 0.3 is 0 Å². The fraction of sp³-hybridized carbons (Fsp3) is 0.571. The predicted molar refractivity (Wildman–Crippen MR) is 76.8 cm³/mol. The molecule has 1 heterocycles. The molecule has 19 heavy (non-hydrogen) atoms. The molecule has 0 radical (unpaired) electrons. The highest BCUT2D eigenvalue weighted by atomic mass is 16.1. The van der Waals surface area contributed by atoms with Crippen molar-refractivity contribution < 1.29 is 4.79 Å². The van der Waals surface area contributed by atoms with Crippen LogP contribution in [0.5, 0.6) is 0 Å². The van der Waals surface area contributed by atoms with Crippen LogP contribution in [-0.4, -0.2) is 43.0 Å². The van der Waals surface area contributed by atoms with E-state index >= 15 is 0 Å². The van der Waals surface area contributed by atoms with E-state index in [4.69, 9.17) is 5.73 Å². The number of carbonyl (C=O) groups excluding carboxylic acids is 1. The molecule has 1 aromatic heterocycles. The number of pyridine rings is 1. The Morgan fingerprint density at radius 3 is 2.74 bits per heavy atom. The molecule has 0 aliphatic rings. The molecule has 1 aromatic rings. The zero-order valence-corrected chi connectivity index (χ0v) is 12.2. The Morgan fingerprint density at radius 2 is 2.16 bits per heavy atom. The van der Waals surface area contributed by atoms with Crippen LogP contribution in [0.3, 0.4) is 0 Å². The maximum atomic E-state index is 12.1. The maximum Gasteiger partial charge on any atom is 0.251 e. The third-order valence-corrected chi connectivity index (χ3v) is 2.76. The van der Waals surface area contributed by atoms with E-state index in [9.17, 15) is 4.79 Å². The molecule has 5 heteroatoms. The number of hydrogen-bond acceptors (Lipinski definition) is 4. The Kier molecular flexibility index (Phi) is 5.44. The number of nitrogens with two attached hydrogens (primary N) is 1. The summed E-state index contributed by atoms with van der Waals surface area (Å²) < 4.78 is 0. The van der Waals surface area contributed by atoms with Gasteiger partial charge < -0.3 is 16.0 Å². The third kappa shape index (κ3) is 5.36. The predicted octanol–water partition coefficient (Wildman–Crippen LogP) is 0.858. The molecule has 0 atom stereocenters. The molecule has 0 saturated carbocycles. The van der Waals surface area contributed by atoms with Crippen LogP contribution in [0.1, 0.15) is 29.9 Å². The van der Waals surface area contributed by atoms with E-state index in [1.54, 1.807) is 18.3 Å². The van der Waals surface area contributed by atoms with E-state index in [-0.39, 0.29) is 11.3 Å². The maximum absolute atomic E-state index is 12.1. The van der Waals surface area contributed by atoms with Crippen LogP contribution in [0, 0.1) is 5.41 Å². The number of nitrogens with zero attached hydrogens (tertiary/aromatic N) is 2. The number of aromatic nitrogens is 1. The first kappa shape index (κ1) is 15.6. The molecule has 0 aliphatic carbocycles. The molecule has 0 bridgehead atoms. The van der Waals surface area contributed by atoms with Crippen molar-refractivity contribution in [2.75, 3.05) is 27.2 Å². The zero-order valence-electron chi connectivity index (χ0n) is 12.2. The average molecular weight is 264 g/mol. The molecule has 1 amide bonds. The van der Waals surface area contributed by atoms with Crippen LogP contribution in [0.2, 0.25) is 0 Å². The molecule has 0 unspecified atom stereocenters. The van der Waals surface area contributed by atoms with Gasteiger partial charge in [-0.25, -0.2) is 0 Å². The zero-order chi connectivity index (χ0) is 14.5. The number of hydrogen-bond donors (Lipinski definition) is 2. The summed E-state index contributed by atoms with van der Waals surface area (Å²) in [7, 11) is 4.06. The number of rotatable bonds is 6. The van der Waals surface area contributed by atoms with Crippen LogP contribution < -0.4 is 11.1 Å². The lowest BCUT2D eigenvalue weighted by Crippen LogP contribution is -2.40. The minimum Gasteiger partial charge on any atom is -0.351 e. The first-order valence-electron chi connectivity index (χ1n) is 6.42. The summed E-state index contributed by atoms with van der Waals surface area (Å²) >= 11 is 0. The monoisotopic (exact) mass is 264 g/mol. The van der Waals surface area contributed by atoms with Gasteiger partial charge in [-0.15, -0.1) is 0 Å². The average Bonchev–Trinajstić information content (AvgIpc) is 2.34. The van der Waals surface area contributed by atoms with E-state index in [1.807, 2.05) is 14.1 Å². The fourth-order valence-electron chi connectivity index (χ4n) is 2.06.